The predicted octanol–water partition coefficient (Wildman–Crippen LogP) is 6.06. The minimum absolute atomic E-state index is 0.628. The van der Waals surface area contributed by atoms with Gasteiger partial charge in [-0.05, 0) is 40.6 Å². The number of aromatic nitrogens is 1. The minimum Gasteiger partial charge on any atom is -0.236 e. The number of para-hydroxylation sites is 1. The van der Waals surface area contributed by atoms with Crippen LogP contribution in [0.15, 0.2) is 65.8 Å². The fraction of sp³-hybridized carbons (Fsp3) is 0. The Hall–Kier alpha value is -2.88. The fourth-order valence-corrected chi connectivity index (χ4v) is 3.44. The second-order valence-corrected chi connectivity index (χ2v) is 5.95. The minimum atomic E-state index is 0.628. The molecule has 0 N–H and O–H groups in total. The smallest absolute Gasteiger partial charge is 0.124 e. The van der Waals surface area contributed by atoms with Crippen molar-refractivity contribution in [2.24, 2.45) is 5.11 Å². The van der Waals surface area contributed by atoms with Crippen molar-refractivity contribution >= 4 is 38.0 Å². The maximum absolute atomic E-state index is 8.51. The number of benzene rings is 3. The van der Waals surface area contributed by atoms with Crippen LogP contribution in [-0.2, 0) is 0 Å². The van der Waals surface area contributed by atoms with Gasteiger partial charge in [0.15, 0.2) is 0 Å². The van der Waals surface area contributed by atoms with Crippen LogP contribution in [0, 0.1) is 0 Å². The van der Waals surface area contributed by atoms with Gasteiger partial charge in [-0.1, -0.05) is 41.5 Å². The molecule has 1 heterocycles. The third kappa shape index (κ3) is 2.19. The van der Waals surface area contributed by atoms with Crippen LogP contribution >= 0.6 is 11.3 Å². The zero-order valence-corrected chi connectivity index (χ0v) is 12.3. The summed E-state index contributed by atoms with van der Waals surface area (Å²) in [5, 5.41) is 6.81. The summed E-state index contributed by atoms with van der Waals surface area (Å²) in [6.07, 6.45) is 0. The summed E-state index contributed by atoms with van der Waals surface area (Å²) in [4.78, 5) is 7.51. The lowest BCUT2D eigenvalue weighted by atomic mass is 10.1. The number of hydrogen-bond acceptors (Lipinski definition) is 3. The number of nitrogens with zero attached hydrogens (tertiary/aromatic N) is 4. The van der Waals surface area contributed by atoms with E-state index < -0.39 is 0 Å². The first-order valence-corrected chi connectivity index (χ1v) is 7.60. The molecule has 0 spiro atoms. The Labute approximate surface area is 130 Å². The molecule has 0 amide bonds. The van der Waals surface area contributed by atoms with Gasteiger partial charge in [0.2, 0.25) is 0 Å². The molecule has 3 aromatic carbocycles. The van der Waals surface area contributed by atoms with E-state index in [1.54, 1.807) is 11.3 Å². The molecule has 0 radical (unpaired) electrons. The summed E-state index contributed by atoms with van der Waals surface area (Å²) in [5.74, 6) is 0. The van der Waals surface area contributed by atoms with Gasteiger partial charge in [0.1, 0.15) is 5.01 Å². The maximum Gasteiger partial charge on any atom is 0.124 e. The van der Waals surface area contributed by atoms with Crippen molar-refractivity contribution in [2.75, 3.05) is 0 Å². The largest absolute Gasteiger partial charge is 0.236 e. The van der Waals surface area contributed by atoms with Crippen LogP contribution in [0.2, 0.25) is 0 Å². The van der Waals surface area contributed by atoms with Crippen molar-refractivity contribution in [3.05, 3.63) is 71.1 Å². The summed E-state index contributed by atoms with van der Waals surface area (Å²) in [6, 6.07) is 20.0. The molecule has 4 rings (SSSR count). The van der Waals surface area contributed by atoms with Crippen LogP contribution in [0.4, 0.5) is 5.69 Å². The first-order valence-electron chi connectivity index (χ1n) is 6.78. The molecule has 0 fully saturated rings. The van der Waals surface area contributed by atoms with Gasteiger partial charge in [-0.3, -0.25) is 0 Å². The molecule has 4 nitrogen and oxygen atoms in total. The van der Waals surface area contributed by atoms with Crippen LogP contribution in [0.3, 0.4) is 0 Å². The van der Waals surface area contributed by atoms with E-state index in [9.17, 15) is 0 Å². The van der Waals surface area contributed by atoms with Gasteiger partial charge in [-0.25, -0.2) is 4.98 Å². The highest BCUT2D eigenvalue weighted by Gasteiger charge is 2.06. The Bertz CT molecular complexity index is 1010. The van der Waals surface area contributed by atoms with Gasteiger partial charge in [0.05, 0.1) is 10.2 Å². The Morgan fingerprint density at radius 3 is 2.64 bits per heavy atom. The first kappa shape index (κ1) is 12.8. The molecule has 4 aromatic rings. The van der Waals surface area contributed by atoms with E-state index in [0.717, 1.165) is 26.9 Å². The number of hydrogen-bond donors (Lipinski definition) is 0. The lowest BCUT2D eigenvalue weighted by molar-refractivity contribution is 1.48. The average Bonchev–Trinajstić information content (AvgIpc) is 2.99. The molecule has 104 valence electrons. The second kappa shape index (κ2) is 5.15. The van der Waals surface area contributed by atoms with E-state index in [1.807, 2.05) is 42.5 Å². The monoisotopic (exact) mass is 302 g/mol. The molecule has 0 aliphatic heterocycles. The van der Waals surface area contributed by atoms with Gasteiger partial charge in [0.25, 0.3) is 0 Å². The summed E-state index contributed by atoms with van der Waals surface area (Å²) in [7, 11) is 0. The molecule has 5 heteroatoms. The molecule has 0 unspecified atom stereocenters. The number of rotatable bonds is 2. The van der Waals surface area contributed by atoms with Crippen LogP contribution < -0.4 is 0 Å². The molecule has 0 saturated heterocycles. The van der Waals surface area contributed by atoms with Crippen molar-refractivity contribution in [3.63, 3.8) is 0 Å². The van der Waals surface area contributed by atoms with E-state index in [1.165, 1.54) is 4.70 Å². The topological polar surface area (TPSA) is 61.7 Å². The van der Waals surface area contributed by atoms with Crippen molar-refractivity contribution in [1.29, 1.82) is 0 Å². The molecule has 0 aliphatic rings. The van der Waals surface area contributed by atoms with Crippen molar-refractivity contribution in [3.8, 4) is 10.6 Å². The molecule has 0 aliphatic carbocycles. The molecule has 1 aromatic heterocycles. The quantitative estimate of drug-likeness (QED) is 0.252. The molecule has 0 atom stereocenters. The van der Waals surface area contributed by atoms with E-state index in [0.29, 0.717) is 5.69 Å². The Balaban J connectivity index is 1.85. The third-order valence-electron chi connectivity index (χ3n) is 3.52. The molecule has 22 heavy (non-hydrogen) atoms. The van der Waals surface area contributed by atoms with E-state index >= 15 is 0 Å². The fourth-order valence-electron chi connectivity index (χ4n) is 2.48. The summed E-state index contributed by atoms with van der Waals surface area (Å²) in [6.45, 7) is 0. The van der Waals surface area contributed by atoms with Gasteiger partial charge >= 0.3 is 0 Å². The molecular formula is C17H10N4S. The lowest BCUT2D eigenvalue weighted by Crippen LogP contribution is -1.78. The summed E-state index contributed by atoms with van der Waals surface area (Å²) < 4.78 is 1.19. The van der Waals surface area contributed by atoms with Crippen molar-refractivity contribution in [1.82, 2.24) is 4.98 Å². The van der Waals surface area contributed by atoms with Gasteiger partial charge < -0.3 is 0 Å². The lowest BCUT2D eigenvalue weighted by Gasteiger charge is -2.02. The summed E-state index contributed by atoms with van der Waals surface area (Å²) >= 11 is 1.69. The normalized spacial score (nSPS) is 10.7. The highest BCUT2D eigenvalue weighted by molar-refractivity contribution is 7.21. The number of fused-ring (bicyclic) bond motifs is 2. The van der Waals surface area contributed by atoms with Crippen molar-refractivity contribution < 1.29 is 0 Å². The predicted molar refractivity (Wildman–Crippen MR) is 91.4 cm³/mol. The van der Waals surface area contributed by atoms with Gasteiger partial charge in [-0.2, -0.15) is 0 Å². The Morgan fingerprint density at radius 1 is 0.955 bits per heavy atom. The Morgan fingerprint density at radius 2 is 1.77 bits per heavy atom. The maximum atomic E-state index is 8.51. The van der Waals surface area contributed by atoms with Gasteiger partial charge in [0, 0.05) is 16.2 Å². The average molecular weight is 302 g/mol. The van der Waals surface area contributed by atoms with Gasteiger partial charge in [-0.15, -0.1) is 11.3 Å². The van der Waals surface area contributed by atoms with Crippen molar-refractivity contribution in [2.45, 2.75) is 0 Å². The SMILES string of the molecule is [N-]=[N+]=Nc1ccc2cc(-c3nc4ccccc4s3)ccc2c1. The highest BCUT2D eigenvalue weighted by atomic mass is 32.1. The Kier molecular flexibility index (Phi) is 3.00. The standard InChI is InChI=1S/C17H10N4S/c18-21-20-14-8-7-11-9-13(6-5-12(11)10-14)17-19-15-3-1-2-4-16(15)22-17/h1-10H. The van der Waals surface area contributed by atoms with E-state index in [2.05, 4.69) is 33.2 Å². The number of thiazole rings is 1. The molecule has 0 bridgehead atoms. The highest BCUT2D eigenvalue weighted by Crippen LogP contribution is 2.32. The summed E-state index contributed by atoms with van der Waals surface area (Å²) in [5.41, 5.74) is 11.3. The molecular weight excluding hydrogens is 292 g/mol. The zero-order chi connectivity index (χ0) is 14.9. The zero-order valence-electron chi connectivity index (χ0n) is 11.5. The van der Waals surface area contributed by atoms with Crippen LogP contribution in [0.1, 0.15) is 0 Å². The first-order chi connectivity index (χ1) is 10.8. The van der Waals surface area contributed by atoms with E-state index in [-0.39, 0.29) is 0 Å². The number of azide groups is 1. The van der Waals surface area contributed by atoms with Crippen LogP contribution in [0.5, 0.6) is 0 Å². The van der Waals surface area contributed by atoms with E-state index in [4.69, 9.17) is 5.53 Å². The third-order valence-corrected chi connectivity index (χ3v) is 4.61. The van der Waals surface area contributed by atoms with Crippen LogP contribution in [-0.4, -0.2) is 4.98 Å². The second-order valence-electron chi connectivity index (χ2n) is 4.92. The molecule has 0 saturated carbocycles. The van der Waals surface area contributed by atoms with Crippen LogP contribution in [0.25, 0.3) is 42.0 Å².